The standard InChI is InChI=1S/C22H32O4Si2/c1-24-18-15-21(25-27(2,3)4)19(22(16-18)26-28(5,6)7)13-14-20(23)17-11-9-8-10-12-17/h8-12,15-16H,13-14H2,1-7H3. The Morgan fingerprint density at radius 3 is 1.79 bits per heavy atom. The van der Waals surface area contributed by atoms with E-state index in [1.807, 2.05) is 42.5 Å². The van der Waals surface area contributed by atoms with Crippen LogP contribution in [0.2, 0.25) is 39.3 Å². The smallest absolute Gasteiger partial charge is 0.242 e. The van der Waals surface area contributed by atoms with Crippen molar-refractivity contribution in [3.05, 3.63) is 53.6 Å². The van der Waals surface area contributed by atoms with Crippen LogP contribution < -0.4 is 13.6 Å². The second-order valence-corrected chi connectivity index (χ2v) is 17.7. The number of methoxy groups -OCH3 is 1. The van der Waals surface area contributed by atoms with Crippen LogP contribution in [-0.2, 0) is 6.42 Å². The van der Waals surface area contributed by atoms with Crippen LogP contribution in [0, 0.1) is 0 Å². The fourth-order valence-corrected chi connectivity index (χ4v) is 4.49. The highest BCUT2D eigenvalue weighted by atomic mass is 28.4. The minimum absolute atomic E-state index is 0.120. The minimum Gasteiger partial charge on any atom is -0.544 e. The van der Waals surface area contributed by atoms with E-state index in [0.717, 1.165) is 22.6 Å². The average molecular weight is 417 g/mol. The lowest BCUT2D eigenvalue weighted by Gasteiger charge is -2.27. The second-order valence-electron chi connectivity index (χ2n) is 8.82. The molecule has 0 heterocycles. The van der Waals surface area contributed by atoms with Crippen LogP contribution in [0.5, 0.6) is 17.2 Å². The third kappa shape index (κ3) is 6.83. The Labute approximate surface area is 171 Å². The number of carbonyl (C=O) groups is 1. The summed E-state index contributed by atoms with van der Waals surface area (Å²) in [5.74, 6) is 2.37. The van der Waals surface area contributed by atoms with Crippen molar-refractivity contribution in [1.82, 2.24) is 0 Å². The van der Waals surface area contributed by atoms with Gasteiger partial charge in [-0.15, -0.1) is 0 Å². The van der Waals surface area contributed by atoms with Gasteiger partial charge in [-0.05, 0) is 45.7 Å². The SMILES string of the molecule is COc1cc(O[Si](C)(C)C)c(CCC(=O)c2ccccc2)c(O[Si](C)(C)C)c1. The quantitative estimate of drug-likeness (QED) is 0.375. The number of ketones is 1. The van der Waals surface area contributed by atoms with Crippen LogP contribution in [0.15, 0.2) is 42.5 Å². The number of hydrogen-bond acceptors (Lipinski definition) is 4. The highest BCUT2D eigenvalue weighted by Crippen LogP contribution is 2.38. The molecule has 0 aliphatic carbocycles. The summed E-state index contributed by atoms with van der Waals surface area (Å²) in [6.45, 7) is 12.9. The summed E-state index contributed by atoms with van der Waals surface area (Å²) in [7, 11) is -2.06. The van der Waals surface area contributed by atoms with Crippen molar-refractivity contribution in [1.29, 1.82) is 0 Å². The number of ether oxygens (including phenoxy) is 1. The van der Waals surface area contributed by atoms with E-state index < -0.39 is 16.6 Å². The second kappa shape index (κ2) is 8.96. The van der Waals surface area contributed by atoms with Gasteiger partial charge in [-0.25, -0.2) is 0 Å². The first-order valence-electron chi connectivity index (χ1n) is 9.66. The van der Waals surface area contributed by atoms with Gasteiger partial charge in [0.2, 0.25) is 16.6 Å². The van der Waals surface area contributed by atoms with Gasteiger partial charge in [-0.2, -0.15) is 0 Å². The van der Waals surface area contributed by atoms with Crippen molar-refractivity contribution in [3.8, 4) is 17.2 Å². The molecule has 0 unspecified atom stereocenters. The largest absolute Gasteiger partial charge is 0.544 e. The van der Waals surface area contributed by atoms with Gasteiger partial charge in [0.05, 0.1) is 7.11 Å². The van der Waals surface area contributed by atoms with Gasteiger partial charge in [0.1, 0.15) is 17.2 Å². The molecule has 28 heavy (non-hydrogen) atoms. The number of rotatable bonds is 9. The molecule has 0 spiro atoms. The van der Waals surface area contributed by atoms with E-state index in [4.69, 9.17) is 13.6 Å². The van der Waals surface area contributed by atoms with Gasteiger partial charge in [-0.3, -0.25) is 4.79 Å². The van der Waals surface area contributed by atoms with E-state index in [1.165, 1.54) is 0 Å². The lowest BCUT2D eigenvalue weighted by atomic mass is 10.0. The van der Waals surface area contributed by atoms with E-state index in [1.54, 1.807) is 7.11 Å². The zero-order chi connectivity index (χ0) is 20.9. The minimum atomic E-state index is -1.85. The maximum absolute atomic E-state index is 12.6. The molecule has 0 radical (unpaired) electrons. The molecule has 0 bridgehead atoms. The van der Waals surface area contributed by atoms with Crippen molar-refractivity contribution in [2.24, 2.45) is 0 Å². The summed E-state index contributed by atoms with van der Waals surface area (Å²) >= 11 is 0. The fraction of sp³-hybridized carbons (Fsp3) is 0.409. The van der Waals surface area contributed by atoms with Crippen molar-refractivity contribution in [2.75, 3.05) is 7.11 Å². The van der Waals surface area contributed by atoms with Gasteiger partial charge >= 0.3 is 0 Å². The zero-order valence-electron chi connectivity index (χ0n) is 18.1. The van der Waals surface area contributed by atoms with E-state index in [0.29, 0.717) is 18.6 Å². The van der Waals surface area contributed by atoms with Gasteiger partial charge in [0, 0.05) is 29.7 Å². The van der Waals surface area contributed by atoms with E-state index >= 15 is 0 Å². The molecule has 0 saturated carbocycles. The third-order valence-electron chi connectivity index (χ3n) is 3.91. The summed E-state index contributed by atoms with van der Waals surface area (Å²) in [5.41, 5.74) is 1.69. The molecule has 0 aliphatic heterocycles. The molecule has 0 fully saturated rings. The van der Waals surface area contributed by atoms with Gasteiger partial charge in [0.25, 0.3) is 0 Å². The molecule has 2 aromatic rings. The molecule has 152 valence electrons. The van der Waals surface area contributed by atoms with Crippen LogP contribution >= 0.6 is 0 Å². The predicted octanol–water partition coefficient (Wildman–Crippen LogP) is 5.94. The first-order valence-corrected chi connectivity index (χ1v) is 16.5. The van der Waals surface area contributed by atoms with Crippen LogP contribution in [0.3, 0.4) is 0 Å². The van der Waals surface area contributed by atoms with E-state index in [-0.39, 0.29) is 5.78 Å². The average Bonchev–Trinajstić information content (AvgIpc) is 2.58. The van der Waals surface area contributed by atoms with Crippen molar-refractivity contribution < 1.29 is 18.4 Å². The summed E-state index contributed by atoms with van der Waals surface area (Å²) in [6.07, 6.45) is 0.970. The Bertz CT molecular complexity index is 769. The molecule has 0 atom stereocenters. The molecule has 0 saturated heterocycles. The molecular weight excluding hydrogens is 384 g/mol. The maximum atomic E-state index is 12.6. The van der Waals surface area contributed by atoms with Crippen molar-refractivity contribution in [3.63, 3.8) is 0 Å². The molecule has 0 amide bonds. The van der Waals surface area contributed by atoms with Crippen LogP contribution in [0.1, 0.15) is 22.3 Å². The molecule has 0 N–H and O–H groups in total. The van der Waals surface area contributed by atoms with E-state index in [9.17, 15) is 4.79 Å². The fourth-order valence-electron chi connectivity index (χ4n) is 2.81. The molecular formula is C22H32O4Si2. The Morgan fingerprint density at radius 1 is 0.857 bits per heavy atom. The first-order chi connectivity index (χ1) is 13.0. The van der Waals surface area contributed by atoms with Crippen LogP contribution in [0.4, 0.5) is 0 Å². The molecule has 0 aromatic heterocycles. The third-order valence-corrected chi connectivity index (χ3v) is 5.57. The molecule has 6 heteroatoms. The number of benzene rings is 2. The highest BCUT2D eigenvalue weighted by Gasteiger charge is 2.25. The lowest BCUT2D eigenvalue weighted by molar-refractivity contribution is 0.0982. The Morgan fingerprint density at radius 2 is 1.36 bits per heavy atom. The van der Waals surface area contributed by atoms with E-state index in [2.05, 4.69) is 39.3 Å². The highest BCUT2D eigenvalue weighted by molar-refractivity contribution is 6.71. The zero-order valence-corrected chi connectivity index (χ0v) is 20.1. The van der Waals surface area contributed by atoms with Gasteiger partial charge in [0.15, 0.2) is 5.78 Å². The molecule has 4 nitrogen and oxygen atoms in total. The van der Waals surface area contributed by atoms with Gasteiger partial charge in [-0.1, -0.05) is 30.3 Å². The predicted molar refractivity (Wildman–Crippen MR) is 120 cm³/mol. The van der Waals surface area contributed by atoms with Crippen molar-refractivity contribution in [2.45, 2.75) is 52.1 Å². The number of carbonyl (C=O) groups excluding carboxylic acids is 1. The van der Waals surface area contributed by atoms with Crippen LogP contribution in [-0.4, -0.2) is 29.5 Å². The van der Waals surface area contributed by atoms with Gasteiger partial charge < -0.3 is 13.6 Å². The maximum Gasteiger partial charge on any atom is 0.242 e. The summed E-state index contributed by atoms with van der Waals surface area (Å²) in [5, 5.41) is 0. The topological polar surface area (TPSA) is 44.8 Å². The Kier molecular flexibility index (Phi) is 7.12. The number of hydrogen-bond donors (Lipinski definition) is 0. The number of Topliss-reactive ketones (excluding diaryl/α,β-unsaturated/α-hetero) is 1. The summed E-state index contributed by atoms with van der Waals surface area (Å²) in [6, 6.07) is 13.2. The monoisotopic (exact) mass is 416 g/mol. The van der Waals surface area contributed by atoms with Crippen molar-refractivity contribution >= 4 is 22.4 Å². The summed E-state index contributed by atoms with van der Waals surface area (Å²) in [4.78, 5) is 12.6. The first kappa shape index (κ1) is 22.2. The lowest BCUT2D eigenvalue weighted by Crippen LogP contribution is -2.31. The molecule has 2 rings (SSSR count). The normalized spacial score (nSPS) is 11.8. The Balaban J connectivity index is 2.40. The summed E-state index contributed by atoms with van der Waals surface area (Å²) < 4.78 is 18.2. The van der Waals surface area contributed by atoms with Crippen LogP contribution in [0.25, 0.3) is 0 Å². The molecule has 2 aromatic carbocycles. The molecule has 0 aliphatic rings. The Hall–Kier alpha value is -2.06.